The van der Waals surface area contributed by atoms with Crippen LogP contribution in [0, 0.1) is 29.4 Å². The van der Waals surface area contributed by atoms with Gasteiger partial charge >= 0.3 is 0 Å². The Kier molecular flexibility index (Phi) is 5.34. The lowest BCUT2D eigenvalue weighted by Gasteiger charge is -2.56. The Morgan fingerprint density at radius 3 is 2.21 bits per heavy atom. The Bertz CT molecular complexity index is 868. The Morgan fingerprint density at radius 1 is 1.10 bits per heavy atom. The van der Waals surface area contributed by atoms with Crippen LogP contribution in [0.1, 0.15) is 51.4 Å². The number of sulfonamides is 1. The van der Waals surface area contributed by atoms with Gasteiger partial charge in [-0.3, -0.25) is 9.10 Å². The average Bonchev–Trinajstić information content (AvgIpc) is 2.58. The van der Waals surface area contributed by atoms with E-state index in [1.807, 2.05) is 0 Å². The quantitative estimate of drug-likeness (QED) is 0.725. The predicted molar refractivity (Wildman–Crippen MR) is 107 cm³/mol. The summed E-state index contributed by atoms with van der Waals surface area (Å²) in [7, 11) is -3.68. The molecule has 4 aliphatic rings. The molecule has 8 heteroatoms. The number of nitrogens with one attached hydrogen (secondary N) is 1. The first kappa shape index (κ1) is 20.6. The van der Waals surface area contributed by atoms with Gasteiger partial charge in [0.25, 0.3) is 0 Å². The van der Waals surface area contributed by atoms with Crippen molar-refractivity contribution < 1.29 is 22.0 Å². The highest BCUT2D eigenvalue weighted by atomic mass is 32.2. The number of amides is 1. The molecule has 4 aliphatic carbocycles. The first-order valence-corrected chi connectivity index (χ1v) is 12.2. The molecule has 4 fully saturated rings. The highest BCUT2D eigenvalue weighted by molar-refractivity contribution is 7.92. The van der Waals surface area contributed by atoms with Gasteiger partial charge in [-0.15, -0.1) is 0 Å². The zero-order chi connectivity index (χ0) is 20.8. The topological polar surface area (TPSA) is 66.5 Å². The van der Waals surface area contributed by atoms with E-state index >= 15 is 0 Å². The van der Waals surface area contributed by atoms with Gasteiger partial charge in [-0.05, 0) is 74.8 Å². The van der Waals surface area contributed by atoms with Crippen LogP contribution < -0.4 is 9.62 Å². The largest absolute Gasteiger partial charge is 0.351 e. The minimum atomic E-state index is -3.68. The predicted octanol–water partition coefficient (Wildman–Crippen LogP) is 3.60. The van der Waals surface area contributed by atoms with Gasteiger partial charge in [-0.2, -0.15) is 0 Å². The molecule has 0 aliphatic heterocycles. The average molecular weight is 427 g/mol. The molecule has 1 aromatic rings. The lowest BCUT2D eigenvalue weighted by molar-refractivity contribution is -0.126. The van der Waals surface area contributed by atoms with Crippen molar-refractivity contribution in [3.05, 3.63) is 29.8 Å². The summed E-state index contributed by atoms with van der Waals surface area (Å²) in [6, 6.07) is 3.00. The van der Waals surface area contributed by atoms with Gasteiger partial charge in [0.2, 0.25) is 15.9 Å². The van der Waals surface area contributed by atoms with Crippen molar-refractivity contribution in [2.75, 3.05) is 17.1 Å². The van der Waals surface area contributed by atoms with Crippen LogP contribution in [0.25, 0.3) is 0 Å². The number of hydrogen-bond donors (Lipinski definition) is 1. The lowest BCUT2D eigenvalue weighted by atomic mass is 9.53. The summed E-state index contributed by atoms with van der Waals surface area (Å²) >= 11 is 0. The summed E-state index contributed by atoms with van der Waals surface area (Å²) in [6.45, 7) is 0.0399. The molecule has 5 nitrogen and oxygen atoms in total. The number of nitrogens with zero attached hydrogens (tertiary/aromatic N) is 1. The minimum absolute atomic E-state index is 0.0399. The van der Waals surface area contributed by atoms with Gasteiger partial charge in [-0.1, -0.05) is 0 Å². The summed E-state index contributed by atoms with van der Waals surface area (Å²) in [6.07, 6.45) is 8.62. The third kappa shape index (κ3) is 4.42. The summed E-state index contributed by atoms with van der Waals surface area (Å²) in [5, 5.41) is 3.28. The second-order valence-corrected chi connectivity index (χ2v) is 11.2. The monoisotopic (exact) mass is 426 g/mol. The van der Waals surface area contributed by atoms with E-state index in [0.717, 1.165) is 59.7 Å². The van der Waals surface area contributed by atoms with Crippen molar-refractivity contribution in [3.63, 3.8) is 0 Å². The van der Waals surface area contributed by atoms with Crippen molar-refractivity contribution in [1.82, 2.24) is 5.32 Å². The minimum Gasteiger partial charge on any atom is -0.351 e. The van der Waals surface area contributed by atoms with E-state index in [4.69, 9.17) is 0 Å². The van der Waals surface area contributed by atoms with E-state index in [9.17, 15) is 22.0 Å². The number of benzene rings is 1. The van der Waals surface area contributed by atoms with Crippen LogP contribution >= 0.6 is 0 Å². The van der Waals surface area contributed by atoms with Crippen LogP contribution in [-0.2, 0) is 14.8 Å². The normalized spacial score (nSPS) is 30.4. The van der Waals surface area contributed by atoms with Crippen molar-refractivity contribution >= 4 is 21.6 Å². The highest BCUT2D eigenvalue weighted by Crippen LogP contribution is 2.55. The molecule has 1 aromatic carbocycles. The van der Waals surface area contributed by atoms with Crippen molar-refractivity contribution in [3.8, 4) is 0 Å². The van der Waals surface area contributed by atoms with Gasteiger partial charge in [0.05, 0.1) is 11.9 Å². The maximum absolute atomic E-state index is 13.5. The molecule has 0 aromatic heterocycles. The van der Waals surface area contributed by atoms with E-state index in [1.54, 1.807) is 0 Å². The number of carbonyl (C=O) groups excluding carboxylic acids is 1. The maximum Gasteiger partial charge on any atom is 0.232 e. The SMILES string of the molecule is CS(=O)(=O)N(CCCC(=O)NC12CC3CC(CC(C3)C1)C2)c1ccc(F)c(F)c1. The number of anilines is 1. The lowest BCUT2D eigenvalue weighted by Crippen LogP contribution is -2.59. The number of carbonyl (C=O) groups is 1. The second-order valence-electron chi connectivity index (χ2n) is 9.28. The summed E-state index contributed by atoms with van der Waals surface area (Å²) in [4.78, 5) is 12.6. The highest BCUT2D eigenvalue weighted by Gasteiger charge is 2.51. The molecule has 0 saturated heterocycles. The molecule has 0 unspecified atom stereocenters. The molecular formula is C21H28F2N2O3S. The number of halogens is 2. The Morgan fingerprint density at radius 2 is 1.69 bits per heavy atom. The summed E-state index contributed by atoms with van der Waals surface area (Å²) < 4.78 is 52.0. The number of hydrogen-bond acceptors (Lipinski definition) is 3. The Balaban J connectivity index is 1.35. The van der Waals surface area contributed by atoms with Crippen LogP contribution in [-0.4, -0.2) is 32.7 Å². The standard InChI is InChI=1S/C21H28F2N2O3S/c1-29(27,28)25(17-4-5-18(22)19(23)10-17)6-2-3-20(26)24-21-11-14-7-15(12-21)9-16(8-14)13-21/h4-5,10,14-16H,2-3,6-9,11-13H2,1H3,(H,24,26). The van der Waals surface area contributed by atoms with E-state index < -0.39 is 21.7 Å². The van der Waals surface area contributed by atoms with Crippen LogP contribution in [0.5, 0.6) is 0 Å². The molecule has 1 N–H and O–H groups in total. The second kappa shape index (κ2) is 7.52. The Hall–Kier alpha value is -1.70. The van der Waals surface area contributed by atoms with Gasteiger partial charge in [0.1, 0.15) is 0 Å². The molecule has 4 saturated carbocycles. The smallest absolute Gasteiger partial charge is 0.232 e. The fraction of sp³-hybridized carbons (Fsp3) is 0.667. The van der Waals surface area contributed by atoms with Crippen LogP contribution in [0.4, 0.5) is 14.5 Å². The molecule has 5 rings (SSSR count). The van der Waals surface area contributed by atoms with Gasteiger partial charge in [0.15, 0.2) is 11.6 Å². The summed E-state index contributed by atoms with van der Waals surface area (Å²) in [5.74, 6) is 0.0143. The fourth-order valence-electron chi connectivity index (χ4n) is 6.13. The molecule has 1 amide bonds. The van der Waals surface area contributed by atoms with Crippen molar-refractivity contribution in [1.29, 1.82) is 0 Å². The van der Waals surface area contributed by atoms with Gasteiger partial charge in [-0.25, -0.2) is 17.2 Å². The van der Waals surface area contributed by atoms with Crippen LogP contribution in [0.3, 0.4) is 0 Å². The molecule has 4 bridgehead atoms. The molecule has 29 heavy (non-hydrogen) atoms. The van der Waals surface area contributed by atoms with E-state index in [0.29, 0.717) is 6.42 Å². The zero-order valence-electron chi connectivity index (χ0n) is 16.7. The third-order valence-electron chi connectivity index (χ3n) is 6.80. The molecule has 0 heterocycles. The van der Waals surface area contributed by atoms with Crippen LogP contribution in [0.2, 0.25) is 0 Å². The fourth-order valence-corrected chi connectivity index (χ4v) is 7.09. The van der Waals surface area contributed by atoms with Gasteiger partial charge in [0, 0.05) is 24.6 Å². The first-order valence-electron chi connectivity index (χ1n) is 10.4. The molecule has 0 atom stereocenters. The van der Waals surface area contributed by atoms with Crippen molar-refractivity contribution in [2.45, 2.75) is 56.9 Å². The van der Waals surface area contributed by atoms with Gasteiger partial charge < -0.3 is 5.32 Å². The first-order chi connectivity index (χ1) is 13.6. The van der Waals surface area contributed by atoms with E-state index in [-0.39, 0.29) is 30.1 Å². The molecular weight excluding hydrogens is 398 g/mol. The number of rotatable bonds is 7. The van der Waals surface area contributed by atoms with Crippen molar-refractivity contribution in [2.24, 2.45) is 17.8 Å². The molecule has 0 spiro atoms. The molecule has 160 valence electrons. The van der Waals surface area contributed by atoms with E-state index in [1.165, 1.54) is 25.3 Å². The maximum atomic E-state index is 13.5. The Labute approximate surface area is 170 Å². The zero-order valence-corrected chi connectivity index (χ0v) is 17.5. The summed E-state index contributed by atoms with van der Waals surface area (Å²) in [5.41, 5.74) is -0.00416. The molecule has 0 radical (unpaired) electrons. The third-order valence-corrected chi connectivity index (χ3v) is 7.99. The van der Waals surface area contributed by atoms with Crippen LogP contribution in [0.15, 0.2) is 18.2 Å². The van der Waals surface area contributed by atoms with E-state index in [2.05, 4.69) is 5.32 Å².